The standard InChI is InChI=1S/C23H23NO8/c1-28-21(26)9-14-8-16-15-7-13(3-5-17(15)32-22(16)20(10-25)31-14)24-23(27)12-2-4-18-19(6-12)30-11-29-18/h2-7,14,16,20,22,25H,8-11H2,1H3,(H,24,27)/t14-,16+,20+,22-/m0/s1. The minimum absolute atomic E-state index is 0.0760. The molecule has 2 aromatic carbocycles. The Kier molecular flexibility index (Phi) is 5.36. The van der Waals surface area contributed by atoms with E-state index in [0.717, 1.165) is 5.56 Å². The molecule has 0 bridgehead atoms. The maximum atomic E-state index is 12.8. The van der Waals surface area contributed by atoms with Gasteiger partial charge < -0.3 is 34.1 Å². The van der Waals surface area contributed by atoms with Crippen molar-refractivity contribution in [2.75, 3.05) is 25.8 Å². The van der Waals surface area contributed by atoms with Gasteiger partial charge in [0.2, 0.25) is 6.79 Å². The average molecular weight is 441 g/mol. The van der Waals surface area contributed by atoms with Gasteiger partial charge in [-0.2, -0.15) is 0 Å². The van der Waals surface area contributed by atoms with Gasteiger partial charge in [0, 0.05) is 22.7 Å². The van der Waals surface area contributed by atoms with E-state index in [9.17, 15) is 14.7 Å². The van der Waals surface area contributed by atoms with Gasteiger partial charge in [-0.25, -0.2) is 0 Å². The Morgan fingerprint density at radius 2 is 1.94 bits per heavy atom. The maximum Gasteiger partial charge on any atom is 0.308 e. The van der Waals surface area contributed by atoms with E-state index in [1.165, 1.54) is 7.11 Å². The molecule has 32 heavy (non-hydrogen) atoms. The van der Waals surface area contributed by atoms with Crippen LogP contribution in [0.2, 0.25) is 0 Å². The lowest BCUT2D eigenvalue weighted by Gasteiger charge is -2.36. The number of benzene rings is 2. The molecule has 2 N–H and O–H groups in total. The van der Waals surface area contributed by atoms with Gasteiger partial charge in [-0.05, 0) is 42.8 Å². The lowest BCUT2D eigenvalue weighted by molar-refractivity contribution is -0.156. The Bertz CT molecular complexity index is 1050. The molecule has 5 rings (SSSR count). The summed E-state index contributed by atoms with van der Waals surface area (Å²) in [5, 5.41) is 12.7. The first-order valence-electron chi connectivity index (χ1n) is 10.4. The molecule has 0 aromatic heterocycles. The van der Waals surface area contributed by atoms with Gasteiger partial charge in [0.1, 0.15) is 18.0 Å². The minimum atomic E-state index is -0.553. The Labute approximate surface area is 184 Å². The number of hydrogen-bond acceptors (Lipinski definition) is 8. The van der Waals surface area contributed by atoms with Crippen molar-refractivity contribution in [1.82, 2.24) is 0 Å². The number of rotatable bonds is 5. The number of aliphatic hydroxyl groups is 1. The second kappa shape index (κ2) is 8.33. The highest BCUT2D eigenvalue weighted by Crippen LogP contribution is 2.47. The Morgan fingerprint density at radius 1 is 1.12 bits per heavy atom. The third-order valence-electron chi connectivity index (χ3n) is 6.01. The number of amides is 1. The van der Waals surface area contributed by atoms with Gasteiger partial charge in [0.25, 0.3) is 5.91 Å². The Morgan fingerprint density at radius 3 is 2.75 bits per heavy atom. The predicted octanol–water partition coefficient (Wildman–Crippen LogP) is 2.23. The fourth-order valence-electron chi connectivity index (χ4n) is 4.48. The summed E-state index contributed by atoms with van der Waals surface area (Å²) in [4.78, 5) is 24.5. The molecule has 3 heterocycles. The van der Waals surface area contributed by atoms with Crippen molar-refractivity contribution in [1.29, 1.82) is 0 Å². The molecule has 0 aliphatic carbocycles. The molecule has 0 unspecified atom stereocenters. The molecule has 3 aliphatic heterocycles. The van der Waals surface area contributed by atoms with Crippen LogP contribution in [0.4, 0.5) is 5.69 Å². The van der Waals surface area contributed by atoms with Crippen LogP contribution in [0.1, 0.15) is 34.7 Å². The van der Waals surface area contributed by atoms with E-state index >= 15 is 0 Å². The monoisotopic (exact) mass is 441 g/mol. The molecule has 0 spiro atoms. The molecule has 0 radical (unpaired) electrons. The van der Waals surface area contributed by atoms with Crippen molar-refractivity contribution in [3.8, 4) is 17.2 Å². The molecule has 9 heteroatoms. The molecule has 0 saturated carbocycles. The van der Waals surface area contributed by atoms with E-state index in [-0.39, 0.29) is 49.8 Å². The molecule has 1 amide bonds. The number of carbonyl (C=O) groups excluding carboxylic acids is 2. The van der Waals surface area contributed by atoms with Crippen LogP contribution in [0.15, 0.2) is 36.4 Å². The largest absolute Gasteiger partial charge is 0.487 e. The van der Waals surface area contributed by atoms with Crippen LogP contribution < -0.4 is 19.5 Å². The zero-order chi connectivity index (χ0) is 22.2. The van der Waals surface area contributed by atoms with Gasteiger partial charge in [-0.1, -0.05) is 0 Å². The van der Waals surface area contributed by atoms with Crippen molar-refractivity contribution in [3.63, 3.8) is 0 Å². The molecule has 1 saturated heterocycles. The van der Waals surface area contributed by atoms with Crippen molar-refractivity contribution in [3.05, 3.63) is 47.5 Å². The van der Waals surface area contributed by atoms with Crippen LogP contribution in [-0.2, 0) is 14.3 Å². The predicted molar refractivity (Wildman–Crippen MR) is 111 cm³/mol. The molecule has 3 aliphatic rings. The van der Waals surface area contributed by atoms with E-state index in [1.54, 1.807) is 30.3 Å². The van der Waals surface area contributed by atoms with E-state index in [4.69, 9.17) is 23.7 Å². The molecule has 4 atom stereocenters. The number of aliphatic hydroxyl groups excluding tert-OH is 1. The highest BCUT2D eigenvalue weighted by atomic mass is 16.7. The second-order valence-electron chi connectivity index (χ2n) is 7.96. The third kappa shape index (κ3) is 3.74. The number of carbonyl (C=O) groups is 2. The zero-order valence-corrected chi connectivity index (χ0v) is 17.4. The summed E-state index contributed by atoms with van der Waals surface area (Å²) in [7, 11) is 1.33. The number of fused-ring (bicyclic) bond motifs is 4. The van der Waals surface area contributed by atoms with Gasteiger partial charge in [-0.3, -0.25) is 9.59 Å². The highest BCUT2D eigenvalue weighted by molar-refractivity contribution is 6.04. The quantitative estimate of drug-likeness (QED) is 0.680. The van der Waals surface area contributed by atoms with E-state index in [2.05, 4.69) is 5.32 Å². The summed E-state index contributed by atoms with van der Waals surface area (Å²) in [6, 6.07) is 10.5. The lowest BCUT2D eigenvalue weighted by atomic mass is 9.84. The Hall–Kier alpha value is -3.30. The topological polar surface area (TPSA) is 113 Å². The number of nitrogens with one attached hydrogen (secondary N) is 1. The summed E-state index contributed by atoms with van der Waals surface area (Å²) in [5.74, 6) is 1.12. The van der Waals surface area contributed by atoms with Crippen LogP contribution in [0, 0.1) is 0 Å². The molecule has 1 fully saturated rings. The van der Waals surface area contributed by atoms with Gasteiger partial charge in [-0.15, -0.1) is 0 Å². The van der Waals surface area contributed by atoms with Crippen LogP contribution in [-0.4, -0.2) is 55.8 Å². The number of methoxy groups -OCH3 is 1. The van der Waals surface area contributed by atoms with Crippen molar-refractivity contribution in [2.24, 2.45) is 0 Å². The maximum absolute atomic E-state index is 12.8. The number of hydrogen-bond donors (Lipinski definition) is 2. The fraction of sp³-hybridized carbons (Fsp3) is 0.391. The summed E-state index contributed by atoms with van der Waals surface area (Å²) in [6.07, 6.45) is -0.650. The SMILES string of the molecule is COC(=O)C[C@@H]1C[C@@H]2c3cc(NC(=O)c4ccc5c(c4)OCO5)ccc3O[C@@H]2[C@@H](CO)O1. The normalized spacial score (nSPS) is 24.8. The van der Waals surface area contributed by atoms with Gasteiger partial charge in [0.05, 0.1) is 26.2 Å². The highest BCUT2D eigenvalue weighted by Gasteiger charge is 2.46. The number of anilines is 1. The van der Waals surface area contributed by atoms with E-state index < -0.39 is 6.10 Å². The summed E-state index contributed by atoms with van der Waals surface area (Å²) in [6.45, 7) is -0.0795. The second-order valence-corrected chi connectivity index (χ2v) is 7.96. The van der Waals surface area contributed by atoms with Crippen LogP contribution in [0.5, 0.6) is 17.2 Å². The smallest absolute Gasteiger partial charge is 0.308 e. The Balaban J connectivity index is 1.35. The average Bonchev–Trinajstić information content (AvgIpc) is 3.42. The first-order chi connectivity index (χ1) is 15.6. The van der Waals surface area contributed by atoms with Crippen LogP contribution in [0.3, 0.4) is 0 Å². The summed E-state index contributed by atoms with van der Waals surface area (Å²) in [5.41, 5.74) is 1.98. The van der Waals surface area contributed by atoms with Crippen molar-refractivity contribution >= 4 is 17.6 Å². The minimum Gasteiger partial charge on any atom is -0.487 e. The molecule has 2 aromatic rings. The third-order valence-corrected chi connectivity index (χ3v) is 6.01. The van der Waals surface area contributed by atoms with Crippen molar-refractivity contribution < 1.29 is 38.4 Å². The van der Waals surface area contributed by atoms with Crippen LogP contribution >= 0.6 is 0 Å². The van der Waals surface area contributed by atoms with Gasteiger partial charge in [0.15, 0.2) is 11.5 Å². The van der Waals surface area contributed by atoms with Gasteiger partial charge >= 0.3 is 5.97 Å². The fourth-order valence-corrected chi connectivity index (χ4v) is 4.48. The summed E-state index contributed by atoms with van der Waals surface area (Å²) >= 11 is 0. The van der Waals surface area contributed by atoms with Crippen molar-refractivity contribution in [2.45, 2.75) is 37.1 Å². The summed E-state index contributed by atoms with van der Waals surface area (Å²) < 4.78 is 27.3. The van der Waals surface area contributed by atoms with Crippen LogP contribution in [0.25, 0.3) is 0 Å². The molecular weight excluding hydrogens is 418 g/mol. The first kappa shape index (κ1) is 20.6. The number of esters is 1. The molecule has 168 valence electrons. The van der Waals surface area contributed by atoms with E-state index in [0.29, 0.717) is 34.9 Å². The molecular formula is C23H23NO8. The lowest BCUT2D eigenvalue weighted by Crippen LogP contribution is -2.46. The first-order valence-corrected chi connectivity index (χ1v) is 10.4. The van der Waals surface area contributed by atoms with E-state index in [1.807, 2.05) is 6.07 Å². The number of ether oxygens (including phenoxy) is 5. The molecule has 9 nitrogen and oxygen atoms in total. The zero-order valence-electron chi connectivity index (χ0n) is 17.4.